The molecule has 0 atom stereocenters. The Morgan fingerprint density at radius 1 is 1.16 bits per heavy atom. The highest BCUT2D eigenvalue weighted by atomic mass is 35.5. The zero-order chi connectivity index (χ0) is 26.3. The standard InChI is InChI=1S/C30H29ClFN3O2/c1-17-25(31)11-20(12-28(17)37-4)22-13-23-27(14-26(22)32)33-15-24(30(36)19-7-8-19)29(23)34-21-9-5-18(6-10-21)16-35(2)3/h5-6,9-15,19H,7-8,16H2,1-4H3,(H,33,34). The number of anilines is 2. The summed E-state index contributed by atoms with van der Waals surface area (Å²) in [5, 5.41) is 4.60. The summed E-state index contributed by atoms with van der Waals surface area (Å²) in [6.45, 7) is 2.68. The van der Waals surface area contributed by atoms with Crippen LogP contribution in [0.25, 0.3) is 22.0 Å². The van der Waals surface area contributed by atoms with Gasteiger partial charge in [-0.3, -0.25) is 9.78 Å². The Morgan fingerprint density at radius 2 is 1.89 bits per heavy atom. The van der Waals surface area contributed by atoms with Crippen LogP contribution in [-0.2, 0) is 6.54 Å². The first-order chi connectivity index (χ1) is 17.7. The Labute approximate surface area is 221 Å². The number of halogens is 2. The van der Waals surface area contributed by atoms with Gasteiger partial charge in [-0.25, -0.2) is 4.39 Å². The average Bonchev–Trinajstić information content (AvgIpc) is 3.71. The smallest absolute Gasteiger partial charge is 0.169 e. The minimum Gasteiger partial charge on any atom is -0.496 e. The molecule has 5 nitrogen and oxygen atoms in total. The second kappa shape index (κ2) is 10.1. The maximum absolute atomic E-state index is 15.4. The van der Waals surface area contributed by atoms with Crippen LogP contribution in [0.3, 0.4) is 0 Å². The van der Waals surface area contributed by atoms with Crippen molar-refractivity contribution < 1.29 is 13.9 Å². The first kappa shape index (κ1) is 25.2. The molecule has 0 amide bonds. The van der Waals surface area contributed by atoms with Crippen LogP contribution in [0.1, 0.15) is 34.3 Å². The van der Waals surface area contributed by atoms with E-state index in [2.05, 4.69) is 27.3 Å². The largest absolute Gasteiger partial charge is 0.496 e. The molecular weight excluding hydrogens is 489 g/mol. The van der Waals surface area contributed by atoms with Crippen molar-refractivity contribution in [1.29, 1.82) is 0 Å². The van der Waals surface area contributed by atoms with Crippen LogP contribution < -0.4 is 10.1 Å². The lowest BCUT2D eigenvalue weighted by molar-refractivity contribution is 0.0968. The van der Waals surface area contributed by atoms with E-state index < -0.39 is 5.82 Å². The maximum atomic E-state index is 15.4. The zero-order valence-electron chi connectivity index (χ0n) is 21.4. The molecular formula is C30H29ClFN3O2. The lowest BCUT2D eigenvalue weighted by Gasteiger charge is -2.17. The van der Waals surface area contributed by atoms with E-state index in [9.17, 15) is 4.79 Å². The lowest BCUT2D eigenvalue weighted by atomic mass is 9.97. The van der Waals surface area contributed by atoms with Crippen molar-refractivity contribution in [3.8, 4) is 16.9 Å². The van der Waals surface area contributed by atoms with E-state index in [0.29, 0.717) is 44.1 Å². The van der Waals surface area contributed by atoms with Gasteiger partial charge in [0, 0.05) is 51.9 Å². The summed E-state index contributed by atoms with van der Waals surface area (Å²) < 4.78 is 20.8. The number of rotatable bonds is 8. The SMILES string of the molecule is COc1cc(-c2cc3c(Nc4ccc(CN(C)C)cc4)c(C(=O)C4CC4)cnc3cc2F)cc(Cl)c1C. The van der Waals surface area contributed by atoms with Crippen molar-refractivity contribution in [2.24, 2.45) is 5.92 Å². The Kier molecular flexibility index (Phi) is 6.88. The summed E-state index contributed by atoms with van der Waals surface area (Å²) in [4.78, 5) is 19.8. The Morgan fingerprint density at radius 3 is 2.54 bits per heavy atom. The monoisotopic (exact) mass is 517 g/mol. The van der Waals surface area contributed by atoms with E-state index in [0.717, 1.165) is 30.6 Å². The van der Waals surface area contributed by atoms with Gasteiger partial charge in [0.1, 0.15) is 11.6 Å². The van der Waals surface area contributed by atoms with Gasteiger partial charge in [-0.05, 0) is 75.3 Å². The molecule has 0 unspecified atom stereocenters. The van der Waals surface area contributed by atoms with Gasteiger partial charge in [0.25, 0.3) is 0 Å². The van der Waals surface area contributed by atoms with Crippen molar-refractivity contribution in [1.82, 2.24) is 9.88 Å². The number of fused-ring (bicyclic) bond motifs is 1. The molecule has 1 heterocycles. The molecule has 1 fully saturated rings. The first-order valence-electron chi connectivity index (χ1n) is 12.3. The summed E-state index contributed by atoms with van der Waals surface area (Å²) >= 11 is 6.43. The fourth-order valence-corrected chi connectivity index (χ4v) is 4.76. The van der Waals surface area contributed by atoms with E-state index in [1.54, 1.807) is 31.5 Å². The van der Waals surface area contributed by atoms with Gasteiger partial charge in [0.2, 0.25) is 0 Å². The molecule has 0 aliphatic heterocycles. The highest BCUT2D eigenvalue weighted by Crippen LogP contribution is 2.40. The Hall–Kier alpha value is -3.48. The molecule has 5 rings (SSSR count). The molecule has 0 saturated heterocycles. The maximum Gasteiger partial charge on any atom is 0.169 e. The molecule has 1 N–H and O–H groups in total. The topological polar surface area (TPSA) is 54.5 Å². The number of methoxy groups -OCH3 is 1. The molecule has 4 aromatic rings. The quantitative estimate of drug-likeness (QED) is 0.247. The third-order valence-corrected chi connectivity index (χ3v) is 7.11. The van der Waals surface area contributed by atoms with Crippen molar-refractivity contribution in [3.05, 3.63) is 82.3 Å². The molecule has 1 aromatic heterocycles. The average molecular weight is 518 g/mol. The minimum absolute atomic E-state index is 0.0161. The number of hydrogen-bond donors (Lipinski definition) is 1. The zero-order valence-corrected chi connectivity index (χ0v) is 22.1. The van der Waals surface area contributed by atoms with E-state index in [1.165, 1.54) is 11.6 Å². The number of nitrogens with one attached hydrogen (secondary N) is 1. The highest BCUT2D eigenvalue weighted by molar-refractivity contribution is 6.31. The minimum atomic E-state index is -0.428. The van der Waals surface area contributed by atoms with Crippen molar-refractivity contribution in [2.75, 3.05) is 26.5 Å². The number of ether oxygens (including phenoxy) is 1. The van der Waals surface area contributed by atoms with Crippen LogP contribution in [0.2, 0.25) is 5.02 Å². The van der Waals surface area contributed by atoms with E-state index in [4.69, 9.17) is 16.3 Å². The van der Waals surface area contributed by atoms with Crippen LogP contribution in [-0.4, -0.2) is 36.9 Å². The number of carbonyl (C=O) groups is 1. The number of nitrogens with zero attached hydrogens (tertiary/aromatic N) is 2. The first-order valence-corrected chi connectivity index (χ1v) is 12.6. The summed E-state index contributed by atoms with van der Waals surface area (Å²) in [7, 11) is 5.61. The number of aromatic nitrogens is 1. The van der Waals surface area contributed by atoms with Crippen molar-refractivity contribution in [3.63, 3.8) is 0 Å². The van der Waals surface area contributed by atoms with Gasteiger partial charge < -0.3 is 15.0 Å². The van der Waals surface area contributed by atoms with Crippen LogP contribution in [0.5, 0.6) is 5.75 Å². The molecule has 0 spiro atoms. The van der Waals surface area contributed by atoms with Gasteiger partial charge in [-0.2, -0.15) is 0 Å². The molecule has 1 saturated carbocycles. The molecule has 0 bridgehead atoms. The second-order valence-electron chi connectivity index (χ2n) is 9.88. The van der Waals surface area contributed by atoms with E-state index in [1.807, 2.05) is 33.2 Å². The van der Waals surface area contributed by atoms with Crippen LogP contribution in [0.15, 0.2) is 54.7 Å². The number of ketones is 1. The molecule has 37 heavy (non-hydrogen) atoms. The number of Topliss-reactive ketones (excluding diaryl/α,β-unsaturated/α-hetero) is 1. The van der Waals surface area contributed by atoms with Gasteiger partial charge in [-0.1, -0.05) is 23.7 Å². The summed E-state index contributed by atoms with van der Waals surface area (Å²) in [6, 6.07) is 14.7. The molecule has 1 aliphatic carbocycles. The van der Waals surface area contributed by atoms with Crippen molar-refractivity contribution in [2.45, 2.75) is 26.3 Å². The lowest BCUT2D eigenvalue weighted by Crippen LogP contribution is -2.10. The van der Waals surface area contributed by atoms with Crippen LogP contribution in [0.4, 0.5) is 15.8 Å². The predicted octanol–water partition coefficient (Wildman–Crippen LogP) is 7.41. The summed E-state index contributed by atoms with van der Waals surface area (Å²) in [5.74, 6) is 0.227. The number of hydrogen-bond acceptors (Lipinski definition) is 5. The highest BCUT2D eigenvalue weighted by Gasteiger charge is 2.32. The molecule has 7 heteroatoms. The fraction of sp³-hybridized carbons (Fsp3) is 0.267. The van der Waals surface area contributed by atoms with Crippen LogP contribution in [0, 0.1) is 18.7 Å². The van der Waals surface area contributed by atoms with Gasteiger partial charge >= 0.3 is 0 Å². The molecule has 190 valence electrons. The molecule has 3 aromatic carbocycles. The third-order valence-electron chi connectivity index (χ3n) is 6.72. The number of pyridine rings is 1. The van der Waals surface area contributed by atoms with Gasteiger partial charge in [0.15, 0.2) is 5.78 Å². The predicted molar refractivity (Wildman–Crippen MR) is 148 cm³/mol. The second-order valence-corrected chi connectivity index (χ2v) is 10.3. The van der Waals surface area contributed by atoms with Crippen molar-refractivity contribution >= 4 is 39.7 Å². The number of carbonyl (C=O) groups excluding carboxylic acids is 1. The van der Waals surface area contributed by atoms with Gasteiger partial charge in [-0.15, -0.1) is 0 Å². The summed E-state index contributed by atoms with van der Waals surface area (Å²) in [6.07, 6.45) is 3.33. The van der Waals surface area contributed by atoms with E-state index in [-0.39, 0.29) is 11.7 Å². The Bertz CT molecular complexity index is 1500. The van der Waals surface area contributed by atoms with Crippen LogP contribution >= 0.6 is 11.6 Å². The fourth-order valence-electron chi connectivity index (χ4n) is 4.55. The van der Waals surface area contributed by atoms with E-state index >= 15 is 4.39 Å². The normalized spacial score (nSPS) is 13.3. The number of benzene rings is 3. The molecule has 1 aliphatic rings. The Balaban J connectivity index is 1.66. The summed E-state index contributed by atoms with van der Waals surface area (Å²) in [5.41, 5.74) is 5.36. The van der Waals surface area contributed by atoms with Gasteiger partial charge in [0.05, 0.1) is 23.9 Å². The third kappa shape index (κ3) is 5.17. The molecule has 0 radical (unpaired) electrons.